The third kappa shape index (κ3) is 4.08. The number of piperidine rings is 1. The molecule has 3 aromatic rings. The van der Waals surface area contributed by atoms with E-state index >= 15 is 0 Å². The highest BCUT2D eigenvalue weighted by Crippen LogP contribution is 2.33. The fraction of sp³-hybridized carbons (Fsp3) is 0.240. The molecular weight excluding hydrogens is 422 g/mol. The Balaban J connectivity index is 1.22. The number of thioether (sulfide) groups is 1. The lowest BCUT2D eigenvalue weighted by Crippen LogP contribution is -2.41. The Morgan fingerprint density at radius 1 is 1.00 bits per heavy atom. The molecule has 3 aromatic carbocycles. The van der Waals surface area contributed by atoms with Crippen LogP contribution in [0.15, 0.2) is 65.6 Å². The summed E-state index contributed by atoms with van der Waals surface area (Å²) < 4.78 is 0. The number of carbonyl (C=O) groups excluding carboxylic acids is 3. The minimum Gasteiger partial charge on any atom is -0.339 e. The van der Waals surface area contributed by atoms with Gasteiger partial charge in [0, 0.05) is 35.2 Å². The van der Waals surface area contributed by atoms with Crippen molar-refractivity contribution in [3.05, 3.63) is 66.2 Å². The molecule has 0 radical (unpaired) electrons. The zero-order chi connectivity index (χ0) is 22.1. The van der Waals surface area contributed by atoms with E-state index in [9.17, 15) is 14.4 Å². The summed E-state index contributed by atoms with van der Waals surface area (Å²) in [6.45, 7) is 1.11. The van der Waals surface area contributed by atoms with Gasteiger partial charge in [-0.25, -0.2) is 0 Å². The van der Waals surface area contributed by atoms with Crippen molar-refractivity contribution in [3.8, 4) is 0 Å². The van der Waals surface area contributed by atoms with Crippen molar-refractivity contribution in [2.24, 2.45) is 5.92 Å². The molecule has 2 heterocycles. The summed E-state index contributed by atoms with van der Waals surface area (Å²) in [7, 11) is 0. The number of fused-ring (bicyclic) bond motifs is 2. The first kappa shape index (κ1) is 20.6. The number of hydrogen-bond acceptors (Lipinski definition) is 4. The van der Waals surface area contributed by atoms with Gasteiger partial charge in [0.15, 0.2) is 0 Å². The zero-order valence-corrected chi connectivity index (χ0v) is 18.3. The van der Waals surface area contributed by atoms with E-state index in [0.29, 0.717) is 42.9 Å². The SMILES string of the molecule is O=C1CSc2ccc(NC(=O)C3CCN(C(=O)c4cccc5ccccc45)CC3)cc2N1. The normalized spacial score (nSPS) is 16.4. The van der Waals surface area contributed by atoms with Crippen LogP contribution in [-0.2, 0) is 9.59 Å². The monoisotopic (exact) mass is 445 g/mol. The van der Waals surface area contributed by atoms with Gasteiger partial charge in [0.05, 0.1) is 11.4 Å². The van der Waals surface area contributed by atoms with Crippen LogP contribution >= 0.6 is 11.8 Å². The van der Waals surface area contributed by atoms with E-state index in [1.165, 1.54) is 11.8 Å². The third-order valence-corrected chi connectivity index (χ3v) is 7.13. The second-order valence-electron chi connectivity index (χ2n) is 8.13. The molecule has 7 heteroatoms. The van der Waals surface area contributed by atoms with Crippen molar-refractivity contribution in [1.29, 1.82) is 0 Å². The largest absolute Gasteiger partial charge is 0.339 e. The standard InChI is InChI=1S/C25H23N3O3S/c29-23-15-32-22-9-8-18(14-21(22)27-23)26-24(30)17-10-12-28(13-11-17)25(31)20-7-3-5-16-4-1-2-6-19(16)20/h1-9,14,17H,10-13,15H2,(H,26,30)(H,27,29). The first-order valence-corrected chi connectivity index (χ1v) is 11.7. The van der Waals surface area contributed by atoms with E-state index in [1.807, 2.05) is 59.5 Å². The van der Waals surface area contributed by atoms with Crippen LogP contribution in [-0.4, -0.2) is 41.5 Å². The van der Waals surface area contributed by atoms with Crippen LogP contribution in [0.2, 0.25) is 0 Å². The van der Waals surface area contributed by atoms with Crippen LogP contribution in [0.1, 0.15) is 23.2 Å². The lowest BCUT2D eigenvalue weighted by atomic mass is 9.94. The molecule has 2 aliphatic rings. The van der Waals surface area contributed by atoms with Gasteiger partial charge in [-0.3, -0.25) is 14.4 Å². The van der Waals surface area contributed by atoms with Crippen LogP contribution < -0.4 is 10.6 Å². The van der Waals surface area contributed by atoms with Crippen molar-refractivity contribution in [1.82, 2.24) is 4.90 Å². The van der Waals surface area contributed by atoms with Crippen LogP contribution in [0, 0.1) is 5.92 Å². The highest BCUT2D eigenvalue weighted by Gasteiger charge is 2.28. The molecule has 0 unspecified atom stereocenters. The summed E-state index contributed by atoms with van der Waals surface area (Å²) in [5.74, 6) is 0.204. The second-order valence-corrected chi connectivity index (χ2v) is 9.15. The summed E-state index contributed by atoms with van der Waals surface area (Å²) >= 11 is 1.49. The number of hydrogen-bond donors (Lipinski definition) is 2. The fourth-order valence-electron chi connectivity index (χ4n) is 4.33. The van der Waals surface area contributed by atoms with E-state index in [0.717, 1.165) is 21.4 Å². The van der Waals surface area contributed by atoms with Crippen molar-refractivity contribution >= 4 is 51.6 Å². The molecule has 32 heavy (non-hydrogen) atoms. The van der Waals surface area contributed by atoms with E-state index in [4.69, 9.17) is 0 Å². The summed E-state index contributed by atoms with van der Waals surface area (Å²) in [5, 5.41) is 7.82. The Morgan fingerprint density at radius 2 is 1.78 bits per heavy atom. The molecule has 6 nitrogen and oxygen atoms in total. The number of likely N-dealkylation sites (tertiary alicyclic amines) is 1. The number of rotatable bonds is 3. The summed E-state index contributed by atoms with van der Waals surface area (Å²) in [6.07, 6.45) is 1.25. The first-order valence-electron chi connectivity index (χ1n) is 10.7. The molecule has 162 valence electrons. The Morgan fingerprint density at radius 3 is 2.62 bits per heavy atom. The third-order valence-electron chi connectivity index (χ3n) is 6.05. The molecule has 0 aliphatic carbocycles. The maximum atomic E-state index is 13.1. The second kappa shape index (κ2) is 8.67. The molecule has 0 saturated carbocycles. The Kier molecular flexibility index (Phi) is 5.57. The lowest BCUT2D eigenvalue weighted by Gasteiger charge is -2.31. The topological polar surface area (TPSA) is 78.5 Å². The predicted octanol–water partition coefficient (Wildman–Crippen LogP) is 4.37. The minimum absolute atomic E-state index is 0.0172. The van der Waals surface area contributed by atoms with E-state index in [1.54, 1.807) is 6.07 Å². The summed E-state index contributed by atoms with van der Waals surface area (Å²) in [6, 6.07) is 19.3. The maximum absolute atomic E-state index is 13.1. The molecule has 0 bridgehead atoms. The van der Waals surface area contributed by atoms with Gasteiger partial charge in [0.2, 0.25) is 11.8 Å². The van der Waals surface area contributed by atoms with Gasteiger partial charge in [-0.05, 0) is 47.9 Å². The van der Waals surface area contributed by atoms with Crippen LogP contribution in [0.25, 0.3) is 10.8 Å². The summed E-state index contributed by atoms with van der Waals surface area (Å²) in [5.41, 5.74) is 2.12. The van der Waals surface area contributed by atoms with Crippen molar-refractivity contribution in [2.75, 3.05) is 29.5 Å². The Hall–Kier alpha value is -3.32. The quantitative estimate of drug-likeness (QED) is 0.627. The van der Waals surface area contributed by atoms with Gasteiger partial charge in [-0.15, -0.1) is 11.8 Å². The molecule has 2 aliphatic heterocycles. The molecule has 3 amide bonds. The van der Waals surface area contributed by atoms with E-state index in [-0.39, 0.29) is 23.6 Å². The molecular formula is C25H23N3O3S. The number of anilines is 2. The number of carbonyl (C=O) groups is 3. The number of nitrogens with one attached hydrogen (secondary N) is 2. The van der Waals surface area contributed by atoms with Gasteiger partial charge in [-0.1, -0.05) is 36.4 Å². The van der Waals surface area contributed by atoms with Crippen LogP contribution in [0.4, 0.5) is 11.4 Å². The van der Waals surface area contributed by atoms with Gasteiger partial charge < -0.3 is 15.5 Å². The molecule has 0 aromatic heterocycles. The molecule has 0 spiro atoms. The lowest BCUT2D eigenvalue weighted by molar-refractivity contribution is -0.121. The molecule has 5 rings (SSSR count). The van der Waals surface area contributed by atoms with Crippen LogP contribution in [0.3, 0.4) is 0 Å². The van der Waals surface area contributed by atoms with Crippen molar-refractivity contribution in [2.45, 2.75) is 17.7 Å². The van der Waals surface area contributed by atoms with E-state index < -0.39 is 0 Å². The van der Waals surface area contributed by atoms with E-state index in [2.05, 4.69) is 10.6 Å². The van der Waals surface area contributed by atoms with Gasteiger partial charge >= 0.3 is 0 Å². The van der Waals surface area contributed by atoms with Crippen molar-refractivity contribution < 1.29 is 14.4 Å². The van der Waals surface area contributed by atoms with Gasteiger partial charge in [-0.2, -0.15) is 0 Å². The molecule has 2 N–H and O–H groups in total. The molecule has 0 atom stereocenters. The highest BCUT2D eigenvalue weighted by molar-refractivity contribution is 8.00. The summed E-state index contributed by atoms with van der Waals surface area (Å²) in [4.78, 5) is 40.4. The first-order chi connectivity index (χ1) is 15.6. The minimum atomic E-state index is -0.147. The zero-order valence-electron chi connectivity index (χ0n) is 17.5. The average Bonchev–Trinajstić information content (AvgIpc) is 2.83. The molecule has 1 fully saturated rings. The maximum Gasteiger partial charge on any atom is 0.254 e. The fourth-order valence-corrected chi connectivity index (χ4v) is 5.12. The van der Waals surface area contributed by atoms with Gasteiger partial charge in [0.1, 0.15) is 0 Å². The predicted molar refractivity (Wildman–Crippen MR) is 127 cm³/mol. The van der Waals surface area contributed by atoms with Gasteiger partial charge in [0.25, 0.3) is 5.91 Å². The Bertz CT molecular complexity index is 1210. The van der Waals surface area contributed by atoms with Crippen molar-refractivity contribution in [3.63, 3.8) is 0 Å². The number of nitrogens with zero attached hydrogens (tertiary/aromatic N) is 1. The van der Waals surface area contributed by atoms with Crippen LogP contribution in [0.5, 0.6) is 0 Å². The molecule has 1 saturated heterocycles. The average molecular weight is 446 g/mol. The highest BCUT2D eigenvalue weighted by atomic mass is 32.2. The Labute approximate surface area is 190 Å². The number of amides is 3. The number of benzene rings is 3. The smallest absolute Gasteiger partial charge is 0.254 e.